The van der Waals surface area contributed by atoms with Crippen LogP contribution in [0.1, 0.15) is 38.2 Å². The van der Waals surface area contributed by atoms with Gasteiger partial charge in [0.05, 0.1) is 17.7 Å². The third-order valence-electron chi connectivity index (χ3n) is 9.52. The third-order valence-corrected chi connectivity index (χ3v) is 9.83. The zero-order valence-electron chi connectivity index (χ0n) is 28.3. The first-order chi connectivity index (χ1) is 25.2. The van der Waals surface area contributed by atoms with Gasteiger partial charge in [0.15, 0.2) is 11.2 Å². The van der Waals surface area contributed by atoms with Crippen molar-refractivity contribution in [2.45, 2.75) is 64.0 Å². The minimum absolute atomic E-state index is 0.0321. The molecule has 2 aliphatic rings. The summed E-state index contributed by atoms with van der Waals surface area (Å²) in [5, 5.41) is 1.95. The predicted octanol–water partition coefficient (Wildman–Crippen LogP) is 8.45. The lowest BCUT2D eigenvalue weighted by Crippen LogP contribution is -2.56. The molecule has 11 nitrogen and oxygen atoms in total. The number of nitrogens with zero attached hydrogens (tertiary/aromatic N) is 5. The van der Waals surface area contributed by atoms with E-state index in [1.165, 1.54) is 29.3 Å². The van der Waals surface area contributed by atoms with Gasteiger partial charge in [-0.15, -0.1) is 26.3 Å². The molecule has 7 rings (SSSR count). The van der Waals surface area contributed by atoms with E-state index in [2.05, 4.69) is 24.3 Å². The predicted molar refractivity (Wildman–Crippen MR) is 183 cm³/mol. The first-order valence-electron chi connectivity index (χ1n) is 17.0. The molecule has 2 atom stereocenters. The Kier molecular flexibility index (Phi) is 10.2. The molecule has 0 saturated carbocycles. The highest BCUT2D eigenvalue weighted by atomic mass is 35.5. The fourth-order valence-electron chi connectivity index (χ4n) is 7.15. The molecule has 2 aliphatic heterocycles. The minimum Gasteiger partial charge on any atom is -0.492 e. The van der Waals surface area contributed by atoms with Gasteiger partial charge in [-0.2, -0.15) is 9.97 Å². The topological polar surface area (TPSA) is 115 Å². The van der Waals surface area contributed by atoms with Gasteiger partial charge in [-0.25, -0.2) is 5.84 Å². The van der Waals surface area contributed by atoms with Crippen molar-refractivity contribution in [3.63, 3.8) is 0 Å². The van der Waals surface area contributed by atoms with E-state index < -0.39 is 24.2 Å². The summed E-state index contributed by atoms with van der Waals surface area (Å²) in [7, 11) is 0. The summed E-state index contributed by atoms with van der Waals surface area (Å²) in [6.07, 6.45) is -7.08. The quantitative estimate of drug-likeness (QED) is 0.0839. The molecule has 5 aromatic rings. The zero-order valence-corrected chi connectivity index (χ0v) is 29.0. The third kappa shape index (κ3) is 8.63. The van der Waals surface area contributed by atoms with Crippen molar-refractivity contribution in [2.75, 3.05) is 36.1 Å². The molecular formula is C35H35ClF6N6O5. The number of nitrogens with two attached hydrogens (primary N) is 1. The van der Waals surface area contributed by atoms with Gasteiger partial charge in [-0.1, -0.05) is 17.7 Å². The lowest BCUT2D eigenvalue weighted by atomic mass is 9.82. The van der Waals surface area contributed by atoms with Crippen LogP contribution in [0.2, 0.25) is 5.02 Å². The highest BCUT2D eigenvalue weighted by molar-refractivity contribution is 6.32. The molecule has 3 aromatic carbocycles. The summed E-state index contributed by atoms with van der Waals surface area (Å²) in [5.74, 6) is 6.55. The van der Waals surface area contributed by atoms with E-state index >= 15 is 0 Å². The van der Waals surface area contributed by atoms with Crippen molar-refractivity contribution in [3.8, 4) is 17.2 Å². The summed E-state index contributed by atoms with van der Waals surface area (Å²) in [6.45, 7) is 5.11. The van der Waals surface area contributed by atoms with Crippen molar-refractivity contribution in [1.82, 2.24) is 14.9 Å². The average molecular weight is 769 g/mol. The van der Waals surface area contributed by atoms with Crippen molar-refractivity contribution < 1.29 is 49.4 Å². The number of oxazole rings is 2. The first-order valence-corrected chi connectivity index (χ1v) is 17.4. The maximum absolute atomic E-state index is 12.9. The van der Waals surface area contributed by atoms with E-state index in [-0.39, 0.29) is 46.6 Å². The molecule has 0 radical (unpaired) electrons. The molecule has 0 amide bonds. The fourth-order valence-corrected chi connectivity index (χ4v) is 7.33. The van der Waals surface area contributed by atoms with E-state index in [4.69, 9.17) is 31.0 Å². The van der Waals surface area contributed by atoms with Crippen molar-refractivity contribution in [3.05, 3.63) is 65.2 Å². The van der Waals surface area contributed by atoms with Crippen LogP contribution in [0.25, 0.3) is 22.2 Å². The number of halogens is 7. The van der Waals surface area contributed by atoms with E-state index in [0.717, 1.165) is 43.6 Å². The molecule has 2 N–H and O–H groups in total. The average Bonchev–Trinajstić information content (AvgIpc) is 3.72. The molecule has 2 unspecified atom stereocenters. The van der Waals surface area contributed by atoms with Crippen LogP contribution in [0.5, 0.6) is 17.2 Å². The lowest BCUT2D eigenvalue weighted by Gasteiger charge is -2.46. The SMILES string of the molecule is CCOc1cc(CN2CCC(C3CC(N(N)c4nc5cc(OC(F)(F)F)ccc5o4)CCN3c3nc4cc(OC(F)(F)F)ccc4o3)CC2)ccc1Cl. The van der Waals surface area contributed by atoms with Crippen molar-refractivity contribution in [1.29, 1.82) is 0 Å². The molecule has 0 spiro atoms. The highest BCUT2D eigenvalue weighted by Crippen LogP contribution is 2.39. The lowest BCUT2D eigenvalue weighted by molar-refractivity contribution is -0.275. The second-order valence-corrected chi connectivity index (χ2v) is 13.4. The second kappa shape index (κ2) is 14.7. The molecule has 53 heavy (non-hydrogen) atoms. The van der Waals surface area contributed by atoms with Crippen LogP contribution in [0, 0.1) is 5.92 Å². The fraction of sp³-hybridized carbons (Fsp3) is 0.429. The van der Waals surface area contributed by atoms with Crippen LogP contribution in [0.15, 0.2) is 63.4 Å². The summed E-state index contributed by atoms with van der Waals surface area (Å²) >= 11 is 6.29. The van der Waals surface area contributed by atoms with Gasteiger partial charge in [-0.05, 0) is 93.6 Å². The maximum Gasteiger partial charge on any atom is 0.573 e. The Morgan fingerprint density at radius 3 is 2.13 bits per heavy atom. The van der Waals surface area contributed by atoms with Crippen LogP contribution in [-0.2, 0) is 6.54 Å². The Labute approximate surface area is 304 Å². The summed E-state index contributed by atoms with van der Waals surface area (Å²) in [4.78, 5) is 13.3. The minimum atomic E-state index is -4.86. The molecular weight excluding hydrogens is 734 g/mol. The van der Waals surface area contributed by atoms with Crippen LogP contribution in [0.4, 0.5) is 38.4 Å². The Morgan fingerprint density at radius 1 is 0.849 bits per heavy atom. The van der Waals surface area contributed by atoms with Gasteiger partial charge in [0.1, 0.15) is 28.3 Å². The number of anilines is 2. The van der Waals surface area contributed by atoms with Gasteiger partial charge in [-0.3, -0.25) is 9.91 Å². The summed E-state index contributed by atoms with van der Waals surface area (Å²) in [5.41, 5.74) is 1.98. The first kappa shape index (κ1) is 36.7. The molecule has 0 bridgehead atoms. The van der Waals surface area contributed by atoms with Gasteiger partial charge in [0, 0.05) is 31.3 Å². The van der Waals surface area contributed by atoms with Crippen molar-refractivity contribution in [2.24, 2.45) is 11.8 Å². The number of piperidine rings is 2. The van der Waals surface area contributed by atoms with E-state index in [1.54, 1.807) is 0 Å². The number of hydrazine groups is 1. The Bertz CT molecular complexity index is 2050. The number of alkyl halides is 6. The van der Waals surface area contributed by atoms with Crippen LogP contribution >= 0.6 is 11.6 Å². The molecule has 0 aliphatic carbocycles. The molecule has 2 saturated heterocycles. The van der Waals surface area contributed by atoms with Gasteiger partial charge in [0.2, 0.25) is 0 Å². The number of likely N-dealkylation sites (tertiary alicyclic amines) is 1. The number of rotatable bonds is 10. The normalized spacial score (nSPS) is 19.2. The second-order valence-electron chi connectivity index (χ2n) is 13.0. The van der Waals surface area contributed by atoms with E-state index in [9.17, 15) is 26.3 Å². The standard InChI is InChI=1S/C35H35ClF6N6O5/c1-2-49-31-15-20(3-6-25(31)36)19-46-12-9-21(10-13-46)28-16-22(48(43)33-45-27-18-24(53-35(40,41)42)5-8-30(27)51-33)11-14-47(28)32-44-26-17-23(52-34(37,38)39)4-7-29(26)50-32/h3-8,15,17-18,21-22,28H,2,9-14,16,19,43H2,1H3. The van der Waals surface area contributed by atoms with E-state index in [0.29, 0.717) is 48.9 Å². The highest BCUT2D eigenvalue weighted by Gasteiger charge is 2.40. The number of benzene rings is 3. The van der Waals surface area contributed by atoms with Crippen LogP contribution < -0.4 is 30.0 Å². The number of aromatic nitrogens is 2. The van der Waals surface area contributed by atoms with Crippen LogP contribution in [0.3, 0.4) is 0 Å². The molecule has 2 fully saturated rings. The smallest absolute Gasteiger partial charge is 0.492 e. The molecule has 4 heterocycles. The molecule has 18 heteroatoms. The largest absolute Gasteiger partial charge is 0.573 e. The molecule has 284 valence electrons. The Balaban J connectivity index is 1.11. The molecule has 2 aromatic heterocycles. The van der Waals surface area contributed by atoms with Gasteiger partial charge < -0.3 is 27.9 Å². The number of hydrogen-bond donors (Lipinski definition) is 1. The van der Waals surface area contributed by atoms with E-state index in [1.807, 2.05) is 30.0 Å². The summed E-state index contributed by atoms with van der Waals surface area (Å²) < 4.78 is 103. The van der Waals surface area contributed by atoms with Crippen LogP contribution in [-0.4, -0.2) is 65.9 Å². The maximum atomic E-state index is 12.9. The Morgan fingerprint density at radius 2 is 1.49 bits per heavy atom. The van der Waals surface area contributed by atoms with Crippen molar-refractivity contribution >= 4 is 45.8 Å². The zero-order chi connectivity index (χ0) is 37.5. The monoisotopic (exact) mass is 768 g/mol. The number of ether oxygens (including phenoxy) is 3. The van der Waals surface area contributed by atoms with Gasteiger partial charge >= 0.3 is 18.7 Å². The number of fused-ring (bicyclic) bond motifs is 2. The Hall–Kier alpha value is -4.61. The number of hydrogen-bond acceptors (Lipinski definition) is 11. The summed E-state index contributed by atoms with van der Waals surface area (Å²) in [6, 6.07) is 13.0. The van der Waals surface area contributed by atoms with Gasteiger partial charge in [0.25, 0.3) is 6.01 Å².